The maximum Gasteiger partial charge on any atom is 0.307 e. The van der Waals surface area contributed by atoms with Gasteiger partial charge >= 0.3 is 5.97 Å². The minimum Gasteiger partial charge on any atom is -0.497 e. The van der Waals surface area contributed by atoms with Gasteiger partial charge in [-0.15, -0.1) is 0 Å². The molecule has 0 heterocycles. The van der Waals surface area contributed by atoms with E-state index < -0.39 is 29.6 Å². The molecule has 0 spiro atoms. The zero-order valence-electron chi connectivity index (χ0n) is 13.1. The molecule has 1 aromatic carbocycles. The Kier molecular flexibility index (Phi) is 4.24. The van der Waals surface area contributed by atoms with E-state index in [1.165, 1.54) is 7.11 Å². The van der Waals surface area contributed by atoms with Crippen molar-refractivity contribution in [1.82, 2.24) is 10.9 Å². The molecule has 3 rings (SSSR count). The van der Waals surface area contributed by atoms with Crippen molar-refractivity contribution in [3.05, 3.63) is 42.0 Å². The Hall–Kier alpha value is -2.83. The number of carbonyl (C=O) groups excluding carboxylic acids is 2. The topological polar surface area (TPSA) is 105 Å². The van der Waals surface area contributed by atoms with Crippen LogP contribution in [0.25, 0.3) is 0 Å². The third-order valence-electron chi connectivity index (χ3n) is 4.70. The van der Waals surface area contributed by atoms with Crippen LogP contribution < -0.4 is 15.6 Å². The predicted octanol–water partition coefficient (Wildman–Crippen LogP) is 0.979. The summed E-state index contributed by atoms with van der Waals surface area (Å²) in [6.07, 6.45) is 4.42. The Morgan fingerprint density at radius 2 is 1.67 bits per heavy atom. The number of hydrazine groups is 1. The van der Waals surface area contributed by atoms with Crippen molar-refractivity contribution in [3.63, 3.8) is 0 Å². The number of amides is 2. The Morgan fingerprint density at radius 1 is 1.04 bits per heavy atom. The maximum atomic E-state index is 12.3. The standard InChI is InChI=1S/C17H18N2O5/c1-24-12-6-4-9(5-7-12)15(20)18-19-16(21)13-10-2-3-11(8-10)14(13)17(22)23/h2-7,10-11,13-14H,8H2,1H3,(H,18,20)(H,19,21)(H,22,23)/t10-,11-,13+,14-/m0/s1. The molecule has 0 aromatic heterocycles. The molecular weight excluding hydrogens is 312 g/mol. The van der Waals surface area contributed by atoms with Crippen molar-refractivity contribution < 1.29 is 24.2 Å². The largest absolute Gasteiger partial charge is 0.497 e. The van der Waals surface area contributed by atoms with Crippen LogP contribution in [0.5, 0.6) is 5.75 Å². The highest BCUT2D eigenvalue weighted by atomic mass is 16.5. The van der Waals surface area contributed by atoms with Gasteiger partial charge in [0.05, 0.1) is 18.9 Å². The molecule has 3 N–H and O–H groups in total. The fourth-order valence-electron chi connectivity index (χ4n) is 3.53. The maximum absolute atomic E-state index is 12.3. The number of carboxylic acids is 1. The lowest BCUT2D eigenvalue weighted by molar-refractivity contribution is -0.148. The molecule has 2 aliphatic rings. The van der Waals surface area contributed by atoms with E-state index in [0.717, 1.165) is 0 Å². The van der Waals surface area contributed by atoms with Crippen molar-refractivity contribution in [3.8, 4) is 5.75 Å². The average Bonchev–Trinajstić information content (AvgIpc) is 3.20. The SMILES string of the molecule is COc1ccc(C(=O)NNC(=O)[C@H]2[C@@H](C(=O)O)[C@H]3C=C[C@H]2C3)cc1. The molecule has 1 saturated carbocycles. The lowest BCUT2D eigenvalue weighted by atomic mass is 9.82. The first kappa shape index (κ1) is 16.0. The minimum absolute atomic E-state index is 0.0889. The summed E-state index contributed by atoms with van der Waals surface area (Å²) in [5, 5.41) is 9.35. The third kappa shape index (κ3) is 2.84. The van der Waals surface area contributed by atoms with Gasteiger partial charge in [0, 0.05) is 5.56 Å². The summed E-state index contributed by atoms with van der Waals surface area (Å²) >= 11 is 0. The molecule has 0 aliphatic heterocycles. The summed E-state index contributed by atoms with van der Waals surface area (Å²) < 4.78 is 5.01. The molecule has 4 atom stereocenters. The fraction of sp³-hybridized carbons (Fsp3) is 0.353. The molecule has 1 aromatic rings. The highest BCUT2D eigenvalue weighted by Gasteiger charge is 2.51. The molecule has 2 bridgehead atoms. The molecule has 0 unspecified atom stereocenters. The number of carboxylic acid groups (broad SMARTS) is 1. The van der Waals surface area contributed by atoms with Gasteiger partial charge in [-0.3, -0.25) is 25.2 Å². The number of aliphatic carboxylic acids is 1. The number of hydrogen-bond donors (Lipinski definition) is 3. The van der Waals surface area contributed by atoms with Crippen molar-refractivity contribution >= 4 is 17.8 Å². The number of allylic oxidation sites excluding steroid dienone is 2. The van der Waals surface area contributed by atoms with Gasteiger partial charge in [0.1, 0.15) is 5.75 Å². The number of fused-ring (bicyclic) bond motifs is 2. The Bertz CT molecular complexity index is 697. The van der Waals surface area contributed by atoms with Crippen LogP contribution >= 0.6 is 0 Å². The van der Waals surface area contributed by atoms with E-state index >= 15 is 0 Å². The van der Waals surface area contributed by atoms with Crippen molar-refractivity contribution in [1.29, 1.82) is 0 Å². The van der Waals surface area contributed by atoms with Gasteiger partial charge in [-0.05, 0) is 42.5 Å². The van der Waals surface area contributed by atoms with Crippen LogP contribution in [-0.4, -0.2) is 30.0 Å². The molecule has 7 heteroatoms. The second-order valence-electron chi connectivity index (χ2n) is 6.01. The third-order valence-corrected chi connectivity index (χ3v) is 4.70. The molecule has 2 aliphatic carbocycles. The van der Waals surface area contributed by atoms with E-state index in [1.54, 1.807) is 24.3 Å². The molecule has 1 fully saturated rings. The lowest BCUT2D eigenvalue weighted by Crippen LogP contribution is -2.48. The molecule has 0 saturated heterocycles. The summed E-state index contributed by atoms with van der Waals surface area (Å²) in [6, 6.07) is 6.41. The Morgan fingerprint density at radius 3 is 2.25 bits per heavy atom. The quantitative estimate of drug-likeness (QED) is 0.564. The van der Waals surface area contributed by atoms with Gasteiger partial charge in [0.25, 0.3) is 5.91 Å². The summed E-state index contributed by atoms with van der Waals surface area (Å²) in [5.41, 5.74) is 5.05. The first-order chi connectivity index (χ1) is 11.5. The number of rotatable bonds is 4. The van der Waals surface area contributed by atoms with Crippen LogP contribution in [0.3, 0.4) is 0 Å². The van der Waals surface area contributed by atoms with Gasteiger partial charge in [-0.2, -0.15) is 0 Å². The fourth-order valence-corrected chi connectivity index (χ4v) is 3.53. The minimum atomic E-state index is -0.978. The molecule has 2 amide bonds. The number of methoxy groups -OCH3 is 1. The second kappa shape index (κ2) is 6.35. The predicted molar refractivity (Wildman–Crippen MR) is 84.0 cm³/mol. The van der Waals surface area contributed by atoms with E-state index in [0.29, 0.717) is 17.7 Å². The molecule has 7 nitrogen and oxygen atoms in total. The molecular formula is C17H18N2O5. The molecule has 126 valence electrons. The van der Waals surface area contributed by atoms with E-state index in [9.17, 15) is 19.5 Å². The Balaban J connectivity index is 1.61. The lowest BCUT2D eigenvalue weighted by Gasteiger charge is -2.23. The summed E-state index contributed by atoms with van der Waals surface area (Å²) in [4.78, 5) is 35.8. The van der Waals surface area contributed by atoms with Crippen LogP contribution in [0.2, 0.25) is 0 Å². The zero-order chi connectivity index (χ0) is 17.3. The van der Waals surface area contributed by atoms with Gasteiger partial charge in [-0.25, -0.2) is 0 Å². The van der Waals surface area contributed by atoms with E-state index in [-0.39, 0.29) is 11.8 Å². The van der Waals surface area contributed by atoms with Crippen LogP contribution in [0, 0.1) is 23.7 Å². The average molecular weight is 330 g/mol. The van der Waals surface area contributed by atoms with Crippen molar-refractivity contribution in [2.45, 2.75) is 6.42 Å². The van der Waals surface area contributed by atoms with Crippen LogP contribution in [0.1, 0.15) is 16.8 Å². The van der Waals surface area contributed by atoms with Gasteiger partial charge in [-0.1, -0.05) is 12.2 Å². The van der Waals surface area contributed by atoms with Gasteiger partial charge in [0.15, 0.2) is 0 Å². The summed E-state index contributed by atoms with van der Waals surface area (Å²) in [7, 11) is 1.53. The smallest absolute Gasteiger partial charge is 0.307 e. The van der Waals surface area contributed by atoms with Gasteiger partial charge in [0.2, 0.25) is 5.91 Å². The number of hydrogen-bond acceptors (Lipinski definition) is 4. The van der Waals surface area contributed by atoms with Crippen molar-refractivity contribution in [2.75, 3.05) is 7.11 Å². The van der Waals surface area contributed by atoms with Crippen LogP contribution in [0.15, 0.2) is 36.4 Å². The van der Waals surface area contributed by atoms with Crippen molar-refractivity contribution in [2.24, 2.45) is 23.7 Å². The molecule has 24 heavy (non-hydrogen) atoms. The van der Waals surface area contributed by atoms with E-state index in [2.05, 4.69) is 10.9 Å². The monoisotopic (exact) mass is 330 g/mol. The first-order valence-electron chi connectivity index (χ1n) is 7.66. The van der Waals surface area contributed by atoms with E-state index in [4.69, 9.17) is 4.74 Å². The summed E-state index contributed by atoms with van der Waals surface area (Å²) in [5.74, 6) is -2.90. The zero-order valence-corrected chi connectivity index (χ0v) is 13.1. The normalized spacial score (nSPS) is 26.9. The Labute approximate surface area is 138 Å². The highest BCUT2D eigenvalue weighted by molar-refractivity contribution is 5.96. The number of ether oxygens (including phenoxy) is 1. The summed E-state index contributed by atoms with van der Waals surface area (Å²) in [6.45, 7) is 0. The number of nitrogens with one attached hydrogen (secondary N) is 2. The number of carbonyl (C=O) groups is 3. The van der Waals surface area contributed by atoms with Crippen LogP contribution in [0.4, 0.5) is 0 Å². The number of benzene rings is 1. The van der Waals surface area contributed by atoms with Gasteiger partial charge < -0.3 is 9.84 Å². The first-order valence-corrected chi connectivity index (χ1v) is 7.66. The van der Waals surface area contributed by atoms with E-state index in [1.807, 2.05) is 12.2 Å². The van der Waals surface area contributed by atoms with Crippen LogP contribution in [-0.2, 0) is 9.59 Å². The second-order valence-corrected chi connectivity index (χ2v) is 6.01. The molecule has 0 radical (unpaired) electrons. The highest BCUT2D eigenvalue weighted by Crippen LogP contribution is 2.48.